The van der Waals surface area contributed by atoms with Gasteiger partial charge in [0.2, 0.25) is 0 Å². The highest BCUT2D eigenvalue weighted by Gasteiger charge is 2.32. The first-order valence-corrected chi connectivity index (χ1v) is 18.5. The number of para-hydroxylation sites is 1. The van der Waals surface area contributed by atoms with Crippen LogP contribution in [0.15, 0.2) is 117 Å². The Morgan fingerprint density at radius 1 is 1.00 bits per heavy atom. The molecule has 1 aliphatic heterocycles. The van der Waals surface area contributed by atoms with E-state index in [1.54, 1.807) is 4.57 Å². The number of rotatable bonds is 9. The Labute approximate surface area is 311 Å². The smallest absolute Gasteiger partial charge is 0.271 e. The molecule has 0 saturated carbocycles. The first kappa shape index (κ1) is 33.6. The van der Waals surface area contributed by atoms with Crippen molar-refractivity contribution in [2.75, 3.05) is 11.9 Å². The molecule has 5 aromatic rings. The second-order valence-corrected chi connectivity index (χ2v) is 14.9. The van der Waals surface area contributed by atoms with Crippen LogP contribution in [0.25, 0.3) is 6.08 Å². The number of nitrogens with zero attached hydrogens (tertiary/aromatic N) is 2. The molecule has 1 amide bonds. The van der Waals surface area contributed by atoms with Crippen molar-refractivity contribution in [3.05, 3.63) is 150 Å². The van der Waals surface area contributed by atoms with Gasteiger partial charge in [0.05, 0.1) is 35.6 Å². The van der Waals surface area contributed by atoms with Crippen molar-refractivity contribution in [3.63, 3.8) is 0 Å². The summed E-state index contributed by atoms with van der Waals surface area (Å²) in [6, 6.07) is 28.2. The zero-order valence-corrected chi connectivity index (χ0v) is 32.0. The summed E-state index contributed by atoms with van der Waals surface area (Å²) in [5, 5.41) is 2.99. The third-order valence-electron chi connectivity index (χ3n) is 7.42. The number of benzene rings is 4. The summed E-state index contributed by atoms with van der Waals surface area (Å²) < 4.78 is 16.9. The average molecular weight is 932 g/mol. The van der Waals surface area contributed by atoms with Crippen LogP contribution >= 0.6 is 72.4 Å². The first-order valence-electron chi connectivity index (χ1n) is 14.7. The summed E-state index contributed by atoms with van der Waals surface area (Å²) in [4.78, 5) is 33.3. The molecule has 1 aromatic heterocycles. The van der Waals surface area contributed by atoms with Gasteiger partial charge in [-0.2, -0.15) is 0 Å². The molecule has 0 spiro atoms. The highest BCUT2D eigenvalue weighted by atomic mass is 127. The molecule has 7 nitrogen and oxygen atoms in total. The fourth-order valence-electron chi connectivity index (χ4n) is 5.25. The molecule has 6 rings (SSSR count). The molecule has 1 atom stereocenters. The monoisotopic (exact) mass is 931 g/mol. The first-order chi connectivity index (χ1) is 22.7. The third-order valence-corrected chi connectivity index (χ3v) is 10.5. The Balaban J connectivity index is 1.38. The van der Waals surface area contributed by atoms with Crippen LogP contribution in [0.2, 0.25) is 0 Å². The van der Waals surface area contributed by atoms with Gasteiger partial charge in [0.1, 0.15) is 18.1 Å². The minimum Gasteiger partial charge on any atom is -0.494 e. The van der Waals surface area contributed by atoms with Crippen molar-refractivity contribution in [1.82, 2.24) is 4.57 Å². The van der Waals surface area contributed by atoms with Gasteiger partial charge in [-0.05, 0) is 130 Å². The van der Waals surface area contributed by atoms with Gasteiger partial charge in [0.25, 0.3) is 11.5 Å². The summed E-state index contributed by atoms with van der Waals surface area (Å²) in [5.74, 6) is 1.20. The number of ether oxygens (including phenoxy) is 2. The molecule has 0 bridgehead atoms. The number of carbonyl (C=O) groups excluding carboxylic acids is 1. The molecule has 4 aromatic carbocycles. The quantitative estimate of drug-likeness (QED) is 0.153. The Hall–Kier alpha value is -3.27. The van der Waals surface area contributed by atoms with E-state index >= 15 is 0 Å². The van der Waals surface area contributed by atoms with Crippen LogP contribution in [0.4, 0.5) is 5.69 Å². The number of thiazole rings is 1. The Bertz CT molecular complexity index is 2140. The molecule has 0 saturated heterocycles. The third kappa shape index (κ3) is 7.58. The number of anilines is 1. The predicted octanol–water partition coefficient (Wildman–Crippen LogP) is 7.82. The largest absolute Gasteiger partial charge is 0.494 e. The van der Waals surface area contributed by atoms with E-state index in [1.165, 1.54) is 11.3 Å². The lowest BCUT2D eigenvalue weighted by atomic mass is 9.95. The molecule has 0 aliphatic carbocycles. The predicted molar refractivity (Wildman–Crippen MR) is 207 cm³/mol. The number of hydrogen-bond acceptors (Lipinski definition) is 6. The van der Waals surface area contributed by atoms with Gasteiger partial charge >= 0.3 is 0 Å². The molecule has 0 unspecified atom stereocenters. The highest BCUT2D eigenvalue weighted by molar-refractivity contribution is 14.1. The van der Waals surface area contributed by atoms with E-state index in [4.69, 9.17) is 14.5 Å². The van der Waals surface area contributed by atoms with E-state index in [2.05, 4.69) is 66.4 Å². The molecular formula is C36H28BrI2N3O4S. The molecule has 1 N–H and O–H groups in total. The second-order valence-electron chi connectivity index (χ2n) is 10.6. The number of carbonyl (C=O) groups is 1. The van der Waals surface area contributed by atoms with Crippen molar-refractivity contribution < 1.29 is 14.3 Å². The van der Waals surface area contributed by atoms with Gasteiger partial charge in [-0.3, -0.25) is 14.2 Å². The van der Waals surface area contributed by atoms with E-state index in [9.17, 15) is 9.59 Å². The zero-order valence-electron chi connectivity index (χ0n) is 25.3. The van der Waals surface area contributed by atoms with Gasteiger partial charge in [-0.25, -0.2) is 4.99 Å². The van der Waals surface area contributed by atoms with E-state index in [0.717, 1.165) is 34.1 Å². The number of nitrogens with one attached hydrogen (secondary N) is 1. The minimum atomic E-state index is -0.678. The lowest BCUT2D eigenvalue weighted by molar-refractivity contribution is -0.113. The molecule has 1 aliphatic rings. The topological polar surface area (TPSA) is 81.9 Å². The van der Waals surface area contributed by atoms with Crippen molar-refractivity contribution in [2.24, 2.45) is 4.99 Å². The summed E-state index contributed by atoms with van der Waals surface area (Å²) in [7, 11) is 0. The van der Waals surface area contributed by atoms with E-state index in [-0.39, 0.29) is 11.5 Å². The Kier molecular flexibility index (Phi) is 10.6. The summed E-state index contributed by atoms with van der Waals surface area (Å²) in [6.45, 7) is 4.73. The van der Waals surface area contributed by atoms with E-state index in [0.29, 0.717) is 45.3 Å². The molecule has 0 radical (unpaired) electrons. The number of fused-ring (bicyclic) bond motifs is 1. The molecule has 238 valence electrons. The number of halogens is 3. The molecular weight excluding hydrogens is 904 g/mol. The SMILES string of the molecule is CCOc1ccc([C@H]2C(C(=O)Nc3ccccc3)=C(C)N=c3s/c(=C\c4cc(I)c(OCc5ccc(Br)cc5)c(I)c4)c(=O)n32)cc1. The van der Waals surface area contributed by atoms with Crippen molar-refractivity contribution in [2.45, 2.75) is 26.5 Å². The summed E-state index contributed by atoms with van der Waals surface area (Å²) in [6.07, 6.45) is 1.88. The normalized spacial score (nSPS) is 14.4. The zero-order chi connectivity index (χ0) is 33.1. The molecule has 47 heavy (non-hydrogen) atoms. The van der Waals surface area contributed by atoms with E-state index in [1.807, 2.05) is 111 Å². The standard InChI is InChI=1S/C36H28BrI2N3O4S/c1-3-45-27-15-11-24(12-16-27)32-31(34(43)41-26-7-5-4-6-8-26)21(2)40-36-42(32)35(44)30(47-36)19-23-17-28(38)33(29(39)18-23)46-20-22-9-13-25(37)14-10-22/h4-19,32H,3,20H2,1-2H3,(H,41,43)/b30-19-/t32-/m0/s1. The van der Waals surface area contributed by atoms with Crippen molar-refractivity contribution >= 4 is 90.1 Å². The number of allylic oxidation sites excluding steroid dienone is 1. The number of amides is 1. The fraction of sp³-hybridized carbons (Fsp3) is 0.139. The molecule has 2 heterocycles. The van der Waals surface area contributed by atoms with Gasteiger partial charge in [0.15, 0.2) is 4.80 Å². The van der Waals surface area contributed by atoms with Crippen molar-refractivity contribution in [1.29, 1.82) is 0 Å². The summed E-state index contributed by atoms with van der Waals surface area (Å²) in [5.41, 5.74) is 4.13. The van der Waals surface area contributed by atoms with Gasteiger partial charge in [-0.1, -0.05) is 69.7 Å². The van der Waals surface area contributed by atoms with Crippen LogP contribution < -0.4 is 29.7 Å². The van der Waals surface area contributed by atoms with Gasteiger partial charge < -0.3 is 14.8 Å². The fourth-order valence-corrected chi connectivity index (χ4v) is 8.69. The minimum absolute atomic E-state index is 0.217. The van der Waals surface area contributed by atoms with Crippen LogP contribution in [-0.4, -0.2) is 17.1 Å². The van der Waals surface area contributed by atoms with E-state index < -0.39 is 6.04 Å². The van der Waals surface area contributed by atoms with Crippen LogP contribution in [-0.2, 0) is 11.4 Å². The summed E-state index contributed by atoms with van der Waals surface area (Å²) >= 11 is 9.32. The average Bonchev–Trinajstić information content (AvgIpc) is 3.35. The van der Waals surface area contributed by atoms with Gasteiger partial charge in [0, 0.05) is 10.2 Å². The number of hydrogen-bond donors (Lipinski definition) is 1. The second kappa shape index (κ2) is 14.9. The van der Waals surface area contributed by atoms with Crippen molar-refractivity contribution in [3.8, 4) is 11.5 Å². The number of aromatic nitrogens is 1. The van der Waals surface area contributed by atoms with Crippen LogP contribution in [0.3, 0.4) is 0 Å². The molecule has 11 heteroatoms. The maximum absolute atomic E-state index is 14.2. The Morgan fingerprint density at radius 2 is 1.68 bits per heavy atom. The lowest BCUT2D eigenvalue weighted by Crippen LogP contribution is -2.40. The maximum atomic E-state index is 14.2. The maximum Gasteiger partial charge on any atom is 0.271 e. The highest BCUT2D eigenvalue weighted by Crippen LogP contribution is 2.33. The Morgan fingerprint density at radius 3 is 2.34 bits per heavy atom. The van der Waals surface area contributed by atoms with Crippen LogP contribution in [0, 0.1) is 7.14 Å². The molecule has 0 fully saturated rings. The lowest BCUT2D eigenvalue weighted by Gasteiger charge is -2.25. The van der Waals surface area contributed by atoms with Crippen LogP contribution in [0.5, 0.6) is 11.5 Å². The van der Waals surface area contributed by atoms with Gasteiger partial charge in [-0.15, -0.1) is 0 Å². The van der Waals surface area contributed by atoms with Crippen LogP contribution in [0.1, 0.15) is 36.6 Å².